The summed E-state index contributed by atoms with van der Waals surface area (Å²) in [4.78, 5) is 23.1. The molecule has 0 fully saturated rings. The minimum atomic E-state index is -4.74. The first kappa shape index (κ1) is 23.6. The number of rotatable bonds is 6. The Kier molecular flexibility index (Phi) is 7.05. The molecular formula is C21H12ClF4NO4S. The molecule has 0 aliphatic carbocycles. The number of hydrogen-bond acceptors (Lipinski definition) is 5. The number of carbonyl (C=O) groups is 1. The summed E-state index contributed by atoms with van der Waals surface area (Å²) in [5.74, 6) is -1.34. The number of halogens is 5. The first-order valence-corrected chi connectivity index (χ1v) is 9.99. The van der Waals surface area contributed by atoms with Crippen molar-refractivity contribution >= 4 is 35.0 Å². The van der Waals surface area contributed by atoms with E-state index in [1.54, 1.807) is 6.07 Å². The molecule has 0 aliphatic heterocycles. The highest BCUT2D eigenvalue weighted by Gasteiger charge is 2.33. The van der Waals surface area contributed by atoms with E-state index >= 15 is 0 Å². The van der Waals surface area contributed by atoms with Crippen molar-refractivity contribution in [2.45, 2.75) is 22.6 Å². The normalized spacial score (nSPS) is 11.3. The summed E-state index contributed by atoms with van der Waals surface area (Å²) in [6.07, 6.45) is -4.74. The number of nitrogens with zero attached hydrogens (tertiary/aromatic N) is 1. The Bertz CT molecular complexity index is 1190. The molecular weight excluding hydrogens is 474 g/mol. The van der Waals surface area contributed by atoms with Crippen molar-refractivity contribution in [1.82, 2.24) is 0 Å². The predicted molar refractivity (Wildman–Crippen MR) is 109 cm³/mol. The van der Waals surface area contributed by atoms with Crippen molar-refractivity contribution in [3.8, 4) is 0 Å². The fourth-order valence-electron chi connectivity index (χ4n) is 2.63. The number of alkyl halides is 3. The number of esters is 1. The summed E-state index contributed by atoms with van der Waals surface area (Å²) in [6, 6.07) is 11.7. The SMILES string of the molecule is O=C(OCc1ccc(F)cc1Cl)c1ccccc1Sc1ccc(C(F)(F)F)cc1[N+](=O)[O-]. The van der Waals surface area contributed by atoms with Crippen LogP contribution in [0.3, 0.4) is 0 Å². The zero-order valence-corrected chi connectivity index (χ0v) is 17.4. The van der Waals surface area contributed by atoms with Gasteiger partial charge in [-0.3, -0.25) is 10.1 Å². The Balaban J connectivity index is 1.85. The molecule has 3 aromatic carbocycles. The van der Waals surface area contributed by atoms with Crippen LogP contribution in [0.1, 0.15) is 21.5 Å². The van der Waals surface area contributed by atoms with Gasteiger partial charge in [-0.05, 0) is 36.4 Å². The van der Waals surface area contributed by atoms with Crippen LogP contribution in [-0.4, -0.2) is 10.9 Å². The predicted octanol–water partition coefficient (Wildman–Crippen LogP) is 6.91. The standard InChI is InChI=1S/C21H12ClF4NO4S/c22-16-10-14(23)7-5-12(16)11-31-20(28)15-3-1-2-4-18(15)32-19-8-6-13(21(24,25)26)9-17(19)27(29)30/h1-10H,11H2. The lowest BCUT2D eigenvalue weighted by Gasteiger charge is -2.11. The van der Waals surface area contributed by atoms with Gasteiger partial charge in [0.1, 0.15) is 12.4 Å². The van der Waals surface area contributed by atoms with Crippen molar-refractivity contribution in [3.05, 3.63) is 98.3 Å². The Hall–Kier alpha value is -3.11. The maximum Gasteiger partial charge on any atom is 0.416 e. The smallest absolute Gasteiger partial charge is 0.416 e. The van der Waals surface area contributed by atoms with Crippen LogP contribution in [-0.2, 0) is 17.5 Å². The van der Waals surface area contributed by atoms with Crippen LogP contribution in [0.5, 0.6) is 0 Å². The molecule has 0 amide bonds. The topological polar surface area (TPSA) is 69.4 Å². The van der Waals surface area contributed by atoms with Crippen LogP contribution in [0, 0.1) is 15.9 Å². The molecule has 0 N–H and O–H groups in total. The summed E-state index contributed by atoms with van der Waals surface area (Å²) in [5.41, 5.74) is -1.49. The van der Waals surface area contributed by atoms with Gasteiger partial charge in [0.05, 0.1) is 26.0 Å². The first-order chi connectivity index (χ1) is 15.1. The van der Waals surface area contributed by atoms with Crippen LogP contribution < -0.4 is 0 Å². The molecule has 0 spiro atoms. The molecule has 32 heavy (non-hydrogen) atoms. The second-order valence-electron chi connectivity index (χ2n) is 6.35. The molecule has 0 atom stereocenters. The van der Waals surface area contributed by atoms with E-state index in [1.807, 2.05) is 0 Å². The number of nitro groups is 1. The summed E-state index contributed by atoms with van der Waals surface area (Å²) in [7, 11) is 0. The average molecular weight is 486 g/mol. The van der Waals surface area contributed by atoms with E-state index in [0.29, 0.717) is 11.6 Å². The number of hydrogen-bond donors (Lipinski definition) is 0. The van der Waals surface area contributed by atoms with Gasteiger partial charge in [-0.1, -0.05) is 41.6 Å². The average Bonchev–Trinajstić information content (AvgIpc) is 2.72. The van der Waals surface area contributed by atoms with Crippen LogP contribution in [0.2, 0.25) is 5.02 Å². The summed E-state index contributed by atoms with van der Waals surface area (Å²) in [6.45, 7) is -0.253. The van der Waals surface area contributed by atoms with Crippen LogP contribution in [0.25, 0.3) is 0 Å². The quantitative estimate of drug-likeness (QED) is 0.164. The van der Waals surface area contributed by atoms with E-state index in [2.05, 4.69) is 0 Å². The third-order valence-electron chi connectivity index (χ3n) is 4.18. The molecule has 0 bridgehead atoms. The minimum absolute atomic E-state index is 0.0462. The van der Waals surface area contributed by atoms with E-state index in [4.69, 9.17) is 16.3 Å². The Labute approximate surface area is 188 Å². The molecule has 0 saturated carbocycles. The third-order valence-corrected chi connectivity index (χ3v) is 5.68. The highest BCUT2D eigenvalue weighted by molar-refractivity contribution is 7.99. The number of carbonyl (C=O) groups excluding carboxylic acids is 1. The van der Waals surface area contributed by atoms with Gasteiger partial charge in [-0.2, -0.15) is 13.2 Å². The van der Waals surface area contributed by atoms with E-state index in [9.17, 15) is 32.5 Å². The lowest BCUT2D eigenvalue weighted by atomic mass is 10.2. The fourth-order valence-corrected chi connectivity index (χ4v) is 3.87. The summed E-state index contributed by atoms with van der Waals surface area (Å²) >= 11 is 6.67. The van der Waals surface area contributed by atoms with Crippen molar-refractivity contribution in [1.29, 1.82) is 0 Å². The van der Waals surface area contributed by atoms with Crippen molar-refractivity contribution in [2.24, 2.45) is 0 Å². The first-order valence-electron chi connectivity index (χ1n) is 8.80. The van der Waals surface area contributed by atoms with Gasteiger partial charge in [-0.15, -0.1) is 0 Å². The largest absolute Gasteiger partial charge is 0.457 e. The number of benzene rings is 3. The summed E-state index contributed by atoms with van der Waals surface area (Å²) in [5, 5.41) is 11.4. The third kappa shape index (κ3) is 5.57. The molecule has 11 heteroatoms. The molecule has 166 valence electrons. The summed E-state index contributed by atoms with van der Waals surface area (Å²) < 4.78 is 57.1. The molecule has 0 saturated heterocycles. The van der Waals surface area contributed by atoms with Gasteiger partial charge in [0.25, 0.3) is 5.69 Å². The monoisotopic (exact) mass is 485 g/mol. The molecule has 3 rings (SSSR count). The Morgan fingerprint density at radius 2 is 1.78 bits per heavy atom. The van der Waals surface area contributed by atoms with Gasteiger partial charge in [0.15, 0.2) is 0 Å². The maximum absolute atomic E-state index is 13.1. The Morgan fingerprint density at radius 3 is 2.44 bits per heavy atom. The van der Waals surface area contributed by atoms with Gasteiger partial charge in [0, 0.05) is 16.5 Å². The van der Waals surface area contributed by atoms with Crippen molar-refractivity contribution < 1.29 is 32.0 Å². The van der Waals surface area contributed by atoms with E-state index in [-0.39, 0.29) is 27.0 Å². The van der Waals surface area contributed by atoms with Gasteiger partial charge < -0.3 is 4.74 Å². The van der Waals surface area contributed by atoms with E-state index in [1.165, 1.54) is 24.3 Å². The zero-order chi connectivity index (χ0) is 23.5. The highest BCUT2D eigenvalue weighted by Crippen LogP contribution is 2.40. The number of nitro benzene ring substituents is 1. The molecule has 0 radical (unpaired) electrons. The van der Waals surface area contributed by atoms with Gasteiger partial charge >= 0.3 is 12.1 Å². The molecule has 0 unspecified atom stereocenters. The number of ether oxygens (including phenoxy) is 1. The zero-order valence-electron chi connectivity index (χ0n) is 15.9. The molecule has 0 aliphatic rings. The second kappa shape index (κ2) is 9.58. The Morgan fingerprint density at radius 1 is 1.06 bits per heavy atom. The lowest BCUT2D eigenvalue weighted by molar-refractivity contribution is -0.388. The van der Waals surface area contributed by atoms with Crippen LogP contribution in [0.15, 0.2) is 70.5 Å². The van der Waals surface area contributed by atoms with Crippen molar-refractivity contribution in [2.75, 3.05) is 0 Å². The highest BCUT2D eigenvalue weighted by atomic mass is 35.5. The van der Waals surface area contributed by atoms with Crippen molar-refractivity contribution in [3.63, 3.8) is 0 Å². The molecule has 0 aromatic heterocycles. The van der Waals surface area contributed by atoms with Gasteiger partial charge in [0.2, 0.25) is 0 Å². The van der Waals surface area contributed by atoms with E-state index in [0.717, 1.165) is 36.0 Å². The second-order valence-corrected chi connectivity index (χ2v) is 7.84. The minimum Gasteiger partial charge on any atom is -0.457 e. The lowest BCUT2D eigenvalue weighted by Crippen LogP contribution is -2.07. The van der Waals surface area contributed by atoms with E-state index < -0.39 is 34.1 Å². The molecule has 0 heterocycles. The van der Waals surface area contributed by atoms with Crippen LogP contribution in [0.4, 0.5) is 23.2 Å². The maximum atomic E-state index is 13.1. The fraction of sp³-hybridized carbons (Fsp3) is 0.0952. The van der Waals surface area contributed by atoms with Crippen LogP contribution >= 0.6 is 23.4 Å². The molecule has 5 nitrogen and oxygen atoms in total. The van der Waals surface area contributed by atoms with Gasteiger partial charge in [-0.25, -0.2) is 9.18 Å². The molecule has 3 aromatic rings.